The largest absolute Gasteiger partial charge is 0.480 e. The summed E-state index contributed by atoms with van der Waals surface area (Å²) in [5.74, 6) is -1.66. The molecule has 1 unspecified atom stereocenters. The number of nitrogens with one attached hydrogen (secondary N) is 1. The van der Waals surface area contributed by atoms with Crippen LogP contribution >= 0.6 is 0 Å². The Balaban J connectivity index is 2.56. The molecule has 1 rings (SSSR count). The Hall–Kier alpha value is -1.83. The van der Waals surface area contributed by atoms with Gasteiger partial charge in [0, 0.05) is 32.1 Å². The molecule has 8 heteroatoms. The van der Waals surface area contributed by atoms with Gasteiger partial charge in [0.25, 0.3) is 0 Å². The first-order valence-electron chi connectivity index (χ1n) is 6.90. The van der Waals surface area contributed by atoms with Crippen LogP contribution in [0.2, 0.25) is 0 Å². The van der Waals surface area contributed by atoms with E-state index in [0.29, 0.717) is 6.54 Å². The zero-order valence-electron chi connectivity index (χ0n) is 12.7. The number of hydrogen-bond donors (Lipinski definition) is 2. The Morgan fingerprint density at radius 2 is 2.05 bits per heavy atom. The third-order valence-electron chi connectivity index (χ3n) is 3.55. The fourth-order valence-corrected chi connectivity index (χ4v) is 2.30. The van der Waals surface area contributed by atoms with Gasteiger partial charge in [0.1, 0.15) is 6.04 Å². The summed E-state index contributed by atoms with van der Waals surface area (Å²) in [4.78, 5) is 38.1. The number of ether oxygens (including phenoxy) is 1. The number of carbonyl (C=O) groups is 3. The highest BCUT2D eigenvalue weighted by Gasteiger charge is 2.29. The van der Waals surface area contributed by atoms with E-state index in [2.05, 4.69) is 15.0 Å². The molecule has 0 aromatic carbocycles. The molecule has 0 aromatic heterocycles. The summed E-state index contributed by atoms with van der Waals surface area (Å²) in [7, 11) is 3.21. The number of nitrogens with zero attached hydrogens (tertiary/aromatic N) is 2. The lowest BCUT2D eigenvalue weighted by Crippen LogP contribution is -2.57. The lowest BCUT2D eigenvalue weighted by atomic mass is 10.1. The molecule has 1 heterocycles. The molecule has 120 valence electrons. The standard InChI is InChI=1S/C13H23N3O5/c1-9-8-15(2)6-7-16(9)13(20)14-10(12(18)19)4-5-11(17)21-3/h9-10H,4-8H2,1-3H3,(H,14,20)(H,18,19)/t9?,10-/m0/s1. The molecule has 2 amide bonds. The summed E-state index contributed by atoms with van der Waals surface area (Å²) >= 11 is 0. The van der Waals surface area contributed by atoms with Gasteiger partial charge in [0.05, 0.1) is 7.11 Å². The van der Waals surface area contributed by atoms with E-state index in [1.165, 1.54) is 7.11 Å². The topological polar surface area (TPSA) is 99.2 Å². The van der Waals surface area contributed by atoms with E-state index in [4.69, 9.17) is 5.11 Å². The molecule has 0 radical (unpaired) electrons. The van der Waals surface area contributed by atoms with Crippen molar-refractivity contribution in [2.24, 2.45) is 0 Å². The number of likely N-dealkylation sites (N-methyl/N-ethyl adjacent to an activating group) is 1. The van der Waals surface area contributed by atoms with Crippen LogP contribution in [0.3, 0.4) is 0 Å². The minimum absolute atomic E-state index is 0.00979. The Morgan fingerprint density at radius 3 is 2.57 bits per heavy atom. The van der Waals surface area contributed by atoms with E-state index in [0.717, 1.165) is 13.1 Å². The number of aliphatic carboxylic acids is 1. The molecule has 1 saturated heterocycles. The molecule has 1 aliphatic heterocycles. The molecule has 1 aliphatic rings. The van der Waals surface area contributed by atoms with Gasteiger partial charge in [0.15, 0.2) is 0 Å². The van der Waals surface area contributed by atoms with Gasteiger partial charge in [-0.25, -0.2) is 9.59 Å². The third-order valence-corrected chi connectivity index (χ3v) is 3.55. The molecule has 0 bridgehead atoms. The van der Waals surface area contributed by atoms with Crippen molar-refractivity contribution in [3.8, 4) is 0 Å². The van der Waals surface area contributed by atoms with Crippen LogP contribution in [0.5, 0.6) is 0 Å². The van der Waals surface area contributed by atoms with Crippen molar-refractivity contribution in [2.45, 2.75) is 31.8 Å². The molecule has 0 spiro atoms. The van der Waals surface area contributed by atoms with Gasteiger partial charge < -0.3 is 25.0 Å². The van der Waals surface area contributed by atoms with Gasteiger partial charge in [-0.2, -0.15) is 0 Å². The first kappa shape index (κ1) is 17.2. The molecule has 0 saturated carbocycles. The first-order chi connectivity index (χ1) is 9.85. The highest BCUT2D eigenvalue weighted by atomic mass is 16.5. The highest BCUT2D eigenvalue weighted by Crippen LogP contribution is 2.09. The second-order valence-corrected chi connectivity index (χ2v) is 5.26. The average Bonchev–Trinajstić information content (AvgIpc) is 2.42. The summed E-state index contributed by atoms with van der Waals surface area (Å²) in [5.41, 5.74) is 0. The summed E-state index contributed by atoms with van der Waals surface area (Å²) in [6, 6.07) is -1.49. The number of hydrogen-bond acceptors (Lipinski definition) is 5. The predicted molar refractivity (Wildman–Crippen MR) is 74.9 cm³/mol. The first-order valence-corrected chi connectivity index (χ1v) is 6.90. The number of rotatable bonds is 5. The van der Waals surface area contributed by atoms with E-state index in [1.54, 1.807) is 4.90 Å². The molecule has 0 aliphatic carbocycles. The Kier molecular flexibility index (Phi) is 6.41. The Labute approximate surface area is 124 Å². The van der Waals surface area contributed by atoms with E-state index >= 15 is 0 Å². The van der Waals surface area contributed by atoms with Crippen LogP contribution in [0, 0.1) is 0 Å². The quantitative estimate of drug-likeness (QED) is 0.679. The van der Waals surface area contributed by atoms with Crippen molar-refractivity contribution in [3.63, 3.8) is 0 Å². The number of carboxylic acids is 1. The van der Waals surface area contributed by atoms with Gasteiger partial charge in [-0.1, -0.05) is 0 Å². The molecular weight excluding hydrogens is 278 g/mol. The maximum Gasteiger partial charge on any atom is 0.326 e. The van der Waals surface area contributed by atoms with Crippen molar-refractivity contribution in [3.05, 3.63) is 0 Å². The van der Waals surface area contributed by atoms with Crippen LogP contribution in [0.15, 0.2) is 0 Å². The van der Waals surface area contributed by atoms with E-state index in [-0.39, 0.29) is 18.9 Å². The monoisotopic (exact) mass is 301 g/mol. The van der Waals surface area contributed by atoms with Gasteiger partial charge >= 0.3 is 18.0 Å². The molecule has 2 atom stereocenters. The van der Waals surface area contributed by atoms with Crippen LogP contribution in [0.1, 0.15) is 19.8 Å². The van der Waals surface area contributed by atoms with Crippen LogP contribution < -0.4 is 5.32 Å². The summed E-state index contributed by atoms with van der Waals surface area (Å²) in [6.07, 6.45) is -0.0398. The van der Waals surface area contributed by atoms with Crippen molar-refractivity contribution in [1.82, 2.24) is 15.1 Å². The lowest BCUT2D eigenvalue weighted by molar-refractivity contribution is -0.142. The minimum atomic E-state index is -1.16. The van der Waals surface area contributed by atoms with Gasteiger partial charge in [-0.05, 0) is 20.4 Å². The number of carbonyl (C=O) groups excluding carboxylic acids is 2. The van der Waals surface area contributed by atoms with Crippen molar-refractivity contribution < 1.29 is 24.2 Å². The van der Waals surface area contributed by atoms with E-state index in [9.17, 15) is 14.4 Å². The van der Waals surface area contributed by atoms with Crippen LogP contribution in [-0.2, 0) is 14.3 Å². The zero-order valence-corrected chi connectivity index (χ0v) is 12.7. The summed E-state index contributed by atoms with van der Waals surface area (Å²) in [5, 5.41) is 11.6. The van der Waals surface area contributed by atoms with Gasteiger partial charge in [-0.15, -0.1) is 0 Å². The number of methoxy groups -OCH3 is 1. The number of urea groups is 1. The summed E-state index contributed by atoms with van der Waals surface area (Å²) in [6.45, 7) is 3.96. The smallest absolute Gasteiger partial charge is 0.326 e. The maximum atomic E-state index is 12.2. The lowest BCUT2D eigenvalue weighted by Gasteiger charge is -2.38. The van der Waals surface area contributed by atoms with Crippen LogP contribution in [-0.4, -0.2) is 78.8 Å². The van der Waals surface area contributed by atoms with E-state index in [1.807, 2.05) is 14.0 Å². The van der Waals surface area contributed by atoms with Crippen molar-refractivity contribution >= 4 is 18.0 Å². The molecule has 1 fully saturated rings. The third kappa shape index (κ3) is 5.22. The fraction of sp³-hybridized carbons (Fsp3) is 0.769. The van der Waals surface area contributed by atoms with Gasteiger partial charge in [-0.3, -0.25) is 4.79 Å². The Bertz CT molecular complexity index is 401. The average molecular weight is 301 g/mol. The zero-order chi connectivity index (χ0) is 16.0. The normalized spacial score (nSPS) is 20.7. The van der Waals surface area contributed by atoms with Crippen molar-refractivity contribution in [1.29, 1.82) is 0 Å². The number of amides is 2. The molecular formula is C13H23N3O5. The minimum Gasteiger partial charge on any atom is -0.480 e. The highest BCUT2D eigenvalue weighted by molar-refractivity contribution is 5.83. The number of piperazine rings is 1. The van der Waals surface area contributed by atoms with Crippen LogP contribution in [0.4, 0.5) is 4.79 Å². The SMILES string of the molecule is COC(=O)CC[C@H](NC(=O)N1CCN(C)CC1C)C(=O)O. The van der Waals surface area contributed by atoms with Crippen molar-refractivity contribution in [2.75, 3.05) is 33.8 Å². The maximum absolute atomic E-state index is 12.2. The molecule has 8 nitrogen and oxygen atoms in total. The second kappa shape index (κ2) is 7.82. The predicted octanol–water partition coefficient (Wildman–Crippen LogP) is -0.262. The number of carboxylic acid groups (broad SMARTS) is 1. The molecule has 2 N–H and O–H groups in total. The summed E-state index contributed by atoms with van der Waals surface area (Å²) < 4.78 is 4.47. The molecule has 0 aromatic rings. The van der Waals surface area contributed by atoms with E-state index < -0.39 is 24.0 Å². The Morgan fingerprint density at radius 1 is 1.38 bits per heavy atom. The second-order valence-electron chi connectivity index (χ2n) is 5.26. The number of esters is 1. The fourth-order valence-electron chi connectivity index (χ4n) is 2.30. The van der Waals surface area contributed by atoms with Crippen LogP contribution in [0.25, 0.3) is 0 Å². The molecule has 21 heavy (non-hydrogen) atoms. The van der Waals surface area contributed by atoms with Gasteiger partial charge in [0.2, 0.25) is 0 Å².